The van der Waals surface area contributed by atoms with Crippen molar-refractivity contribution < 1.29 is 9.59 Å². The molecule has 0 spiro atoms. The van der Waals surface area contributed by atoms with E-state index in [1.807, 2.05) is 43.0 Å². The first-order valence-electron chi connectivity index (χ1n) is 10.1. The monoisotopic (exact) mass is 399 g/mol. The number of urea groups is 1. The number of anilines is 1. The first-order chi connectivity index (χ1) is 14.5. The van der Waals surface area contributed by atoms with Crippen LogP contribution in [0.2, 0.25) is 0 Å². The Morgan fingerprint density at radius 2 is 1.43 bits per heavy atom. The van der Waals surface area contributed by atoms with Crippen LogP contribution in [0.25, 0.3) is 11.1 Å². The molecule has 4 rings (SSSR count). The highest BCUT2D eigenvalue weighted by molar-refractivity contribution is 5.97. The highest BCUT2D eigenvalue weighted by Gasteiger charge is 2.23. The minimum Gasteiger partial charge on any atom is -0.336 e. The van der Waals surface area contributed by atoms with Gasteiger partial charge in [0.2, 0.25) is 0 Å². The van der Waals surface area contributed by atoms with Gasteiger partial charge in [-0.15, -0.1) is 0 Å². The van der Waals surface area contributed by atoms with Crippen molar-refractivity contribution in [3.63, 3.8) is 0 Å². The van der Waals surface area contributed by atoms with Crippen LogP contribution in [0.15, 0.2) is 72.8 Å². The molecule has 0 saturated heterocycles. The second-order valence-corrected chi connectivity index (χ2v) is 7.81. The van der Waals surface area contributed by atoms with Crippen molar-refractivity contribution >= 4 is 17.6 Å². The van der Waals surface area contributed by atoms with Crippen LogP contribution in [0.4, 0.5) is 10.5 Å². The summed E-state index contributed by atoms with van der Waals surface area (Å²) in [6, 6.07) is 23.3. The second-order valence-electron chi connectivity index (χ2n) is 7.81. The number of carbonyl (C=O) groups is 2. The summed E-state index contributed by atoms with van der Waals surface area (Å²) < 4.78 is 0. The summed E-state index contributed by atoms with van der Waals surface area (Å²) in [6.07, 6.45) is 0. The maximum atomic E-state index is 13.4. The van der Waals surface area contributed by atoms with E-state index in [0.29, 0.717) is 24.3 Å². The van der Waals surface area contributed by atoms with Crippen molar-refractivity contribution in [1.29, 1.82) is 0 Å². The summed E-state index contributed by atoms with van der Waals surface area (Å²) in [5.74, 6) is -0.0607. The molecule has 5 heteroatoms. The molecule has 1 aliphatic heterocycles. The molecule has 2 N–H and O–H groups in total. The summed E-state index contributed by atoms with van der Waals surface area (Å²) in [5.41, 5.74) is 5.74. The molecule has 5 nitrogen and oxygen atoms in total. The Morgan fingerprint density at radius 3 is 2.03 bits per heavy atom. The van der Waals surface area contributed by atoms with Crippen molar-refractivity contribution in [2.24, 2.45) is 0 Å². The summed E-state index contributed by atoms with van der Waals surface area (Å²) in [7, 11) is 0. The fraction of sp³-hybridized carbons (Fsp3) is 0.200. The Bertz CT molecular complexity index is 1040. The predicted molar refractivity (Wildman–Crippen MR) is 119 cm³/mol. The van der Waals surface area contributed by atoms with Crippen LogP contribution in [-0.4, -0.2) is 22.9 Å². The topological polar surface area (TPSA) is 61.4 Å². The van der Waals surface area contributed by atoms with Crippen LogP contribution in [0.3, 0.4) is 0 Å². The lowest BCUT2D eigenvalue weighted by molar-refractivity contribution is 0.0732. The summed E-state index contributed by atoms with van der Waals surface area (Å²) in [4.78, 5) is 27.3. The molecular formula is C25H25N3O2. The van der Waals surface area contributed by atoms with Gasteiger partial charge in [-0.05, 0) is 54.3 Å². The molecule has 152 valence electrons. The average Bonchev–Trinajstić information content (AvgIpc) is 2.90. The van der Waals surface area contributed by atoms with E-state index in [9.17, 15) is 9.59 Å². The van der Waals surface area contributed by atoms with E-state index in [1.165, 1.54) is 11.1 Å². The Hall–Kier alpha value is -3.60. The minimum atomic E-state index is -0.285. The van der Waals surface area contributed by atoms with Gasteiger partial charge in [0.1, 0.15) is 0 Å². The number of nitrogens with zero attached hydrogens (tertiary/aromatic N) is 1. The Balaban J connectivity index is 1.61. The van der Waals surface area contributed by atoms with E-state index in [-0.39, 0.29) is 18.0 Å². The standard InChI is InChI=1S/C25H25N3O2/c1-17(2)26-25(30)27-21-11-7-10-18(14-21)24(29)28-15-19-8-3-5-12-22(19)23-13-6-4-9-20(23)16-28/h3-14,17H,15-16H2,1-2H3,(H2,26,27,30). The maximum Gasteiger partial charge on any atom is 0.319 e. The summed E-state index contributed by atoms with van der Waals surface area (Å²) >= 11 is 0. The number of hydrogen-bond donors (Lipinski definition) is 2. The van der Waals surface area contributed by atoms with Crippen LogP contribution in [0, 0.1) is 0 Å². The number of rotatable bonds is 3. The van der Waals surface area contributed by atoms with Crippen molar-refractivity contribution in [3.8, 4) is 11.1 Å². The van der Waals surface area contributed by atoms with Crippen LogP contribution in [0.1, 0.15) is 35.3 Å². The van der Waals surface area contributed by atoms with E-state index < -0.39 is 0 Å². The number of hydrogen-bond acceptors (Lipinski definition) is 2. The van der Waals surface area contributed by atoms with Gasteiger partial charge < -0.3 is 15.5 Å². The third-order valence-corrected chi connectivity index (χ3v) is 5.12. The zero-order chi connectivity index (χ0) is 21.1. The molecule has 0 atom stereocenters. The molecule has 3 aromatic carbocycles. The molecule has 0 saturated carbocycles. The number of carbonyl (C=O) groups excluding carboxylic acids is 2. The molecule has 1 heterocycles. The van der Waals surface area contributed by atoms with Crippen LogP contribution in [-0.2, 0) is 13.1 Å². The molecule has 0 aromatic heterocycles. The molecule has 1 aliphatic rings. The second kappa shape index (κ2) is 8.41. The lowest BCUT2D eigenvalue weighted by atomic mass is 9.97. The van der Waals surface area contributed by atoms with Crippen molar-refractivity contribution in [3.05, 3.63) is 89.5 Å². The van der Waals surface area contributed by atoms with Gasteiger partial charge in [0.05, 0.1) is 0 Å². The highest BCUT2D eigenvalue weighted by atomic mass is 16.2. The fourth-order valence-corrected chi connectivity index (χ4v) is 3.79. The molecule has 0 unspecified atom stereocenters. The molecule has 3 aromatic rings. The van der Waals surface area contributed by atoms with Crippen LogP contribution < -0.4 is 10.6 Å². The fourth-order valence-electron chi connectivity index (χ4n) is 3.79. The van der Waals surface area contributed by atoms with E-state index in [0.717, 1.165) is 11.1 Å². The lowest BCUT2D eigenvalue weighted by Crippen LogP contribution is -2.34. The van der Waals surface area contributed by atoms with Crippen molar-refractivity contribution in [2.75, 3.05) is 5.32 Å². The molecule has 30 heavy (non-hydrogen) atoms. The number of nitrogens with one attached hydrogen (secondary N) is 2. The number of benzene rings is 3. The SMILES string of the molecule is CC(C)NC(=O)Nc1cccc(C(=O)N2Cc3ccccc3-c3ccccc3C2)c1. The van der Waals surface area contributed by atoms with E-state index in [4.69, 9.17) is 0 Å². The smallest absolute Gasteiger partial charge is 0.319 e. The van der Waals surface area contributed by atoms with Crippen LogP contribution >= 0.6 is 0 Å². The highest BCUT2D eigenvalue weighted by Crippen LogP contribution is 2.33. The van der Waals surface area contributed by atoms with E-state index in [1.54, 1.807) is 24.3 Å². The number of fused-ring (bicyclic) bond motifs is 3. The van der Waals surface area contributed by atoms with Gasteiger partial charge in [0, 0.05) is 30.4 Å². The van der Waals surface area contributed by atoms with Gasteiger partial charge in [-0.1, -0.05) is 54.6 Å². The molecular weight excluding hydrogens is 374 g/mol. The average molecular weight is 399 g/mol. The zero-order valence-electron chi connectivity index (χ0n) is 17.2. The van der Waals surface area contributed by atoms with E-state index >= 15 is 0 Å². The molecule has 0 radical (unpaired) electrons. The third-order valence-electron chi connectivity index (χ3n) is 5.12. The quantitative estimate of drug-likeness (QED) is 0.648. The summed E-state index contributed by atoms with van der Waals surface area (Å²) in [5, 5.41) is 5.58. The van der Waals surface area contributed by atoms with Gasteiger partial charge in [0.15, 0.2) is 0 Å². The normalized spacial score (nSPS) is 12.6. The molecule has 3 amide bonds. The first-order valence-corrected chi connectivity index (χ1v) is 10.1. The lowest BCUT2D eigenvalue weighted by Gasteiger charge is -2.22. The van der Waals surface area contributed by atoms with Gasteiger partial charge in [0.25, 0.3) is 5.91 Å². The predicted octanol–water partition coefficient (Wildman–Crippen LogP) is 5.04. The van der Waals surface area contributed by atoms with Gasteiger partial charge >= 0.3 is 6.03 Å². The number of amides is 3. The van der Waals surface area contributed by atoms with Crippen molar-refractivity contribution in [2.45, 2.75) is 33.0 Å². The maximum absolute atomic E-state index is 13.4. The van der Waals surface area contributed by atoms with E-state index in [2.05, 4.69) is 34.9 Å². The zero-order valence-corrected chi connectivity index (χ0v) is 17.2. The molecule has 0 aliphatic carbocycles. The molecule has 0 bridgehead atoms. The molecule has 0 fully saturated rings. The van der Waals surface area contributed by atoms with Gasteiger partial charge in [-0.2, -0.15) is 0 Å². The van der Waals surface area contributed by atoms with Crippen molar-refractivity contribution in [1.82, 2.24) is 10.2 Å². The summed E-state index contributed by atoms with van der Waals surface area (Å²) in [6.45, 7) is 4.87. The Kier molecular flexibility index (Phi) is 5.53. The van der Waals surface area contributed by atoms with Crippen LogP contribution in [0.5, 0.6) is 0 Å². The largest absolute Gasteiger partial charge is 0.336 e. The third kappa shape index (κ3) is 4.20. The van der Waals surface area contributed by atoms with Gasteiger partial charge in [-0.3, -0.25) is 4.79 Å². The Morgan fingerprint density at radius 1 is 0.833 bits per heavy atom. The Labute approximate surface area is 176 Å². The first kappa shape index (κ1) is 19.7. The van der Waals surface area contributed by atoms with Gasteiger partial charge in [-0.25, -0.2) is 4.79 Å². The minimum absolute atomic E-state index is 0.0343.